The number of nitrogens with one attached hydrogen (secondary N) is 1. The molecule has 238 valence electrons. The van der Waals surface area contributed by atoms with Gasteiger partial charge in [-0.2, -0.15) is 49.9 Å². The Bertz CT molecular complexity index is 1670. The number of amides is 2. The van der Waals surface area contributed by atoms with E-state index in [1.807, 2.05) is 6.07 Å². The van der Waals surface area contributed by atoms with Crippen LogP contribution < -0.4 is 5.32 Å². The molecule has 0 radical (unpaired) electrons. The van der Waals surface area contributed by atoms with Crippen LogP contribution in [0, 0.1) is 16.7 Å². The second kappa shape index (κ2) is 9.84. The Balaban J connectivity index is 1.52. The fraction of sp³-hybridized carbons (Fsp3) is 0.520. The Kier molecular flexibility index (Phi) is 7.07. The number of benzene rings is 1. The average molecular weight is 658 g/mol. The first-order valence-corrected chi connectivity index (χ1v) is 14.4. The summed E-state index contributed by atoms with van der Waals surface area (Å²) in [4.78, 5) is 25.3. The molecule has 3 fully saturated rings. The highest BCUT2D eigenvalue weighted by atomic mass is 32.2. The van der Waals surface area contributed by atoms with Crippen molar-refractivity contribution in [3.8, 4) is 11.8 Å². The molecule has 9 nitrogen and oxygen atoms in total. The molecule has 2 amide bonds. The highest BCUT2D eigenvalue weighted by molar-refractivity contribution is 7.92. The molecule has 2 aromatic rings. The van der Waals surface area contributed by atoms with Gasteiger partial charge in [0.25, 0.3) is 0 Å². The van der Waals surface area contributed by atoms with Crippen LogP contribution >= 0.6 is 0 Å². The lowest BCUT2D eigenvalue weighted by molar-refractivity contribution is -0.199. The standard InChI is InChI=1S/C25H20F9N5O4S/c26-23(27,28)13-9-36-39(10-13)14-1-2-18(16(7-14)24(29,30)31)44(42,43)15-8-17(19(40)37-21(12-35)3-4-21)38(11-15)20(41)22(5-6-22)25(32,33)34/h1-2,7,9-10,15,17H,3-6,8,11H2,(H,37,40)/t15?,17-/m0/s1. The molecule has 2 heterocycles. The lowest BCUT2D eigenvalue weighted by atomic mass is 10.0. The fourth-order valence-electron chi connectivity index (χ4n) is 5.14. The zero-order chi connectivity index (χ0) is 32.7. The highest BCUT2D eigenvalue weighted by Gasteiger charge is 2.70. The Hall–Kier alpha value is -3.82. The van der Waals surface area contributed by atoms with Gasteiger partial charge < -0.3 is 10.2 Å². The summed E-state index contributed by atoms with van der Waals surface area (Å²) >= 11 is 0. The summed E-state index contributed by atoms with van der Waals surface area (Å²) in [6.07, 6.45) is -16.4. The molecule has 0 bridgehead atoms. The molecule has 1 aromatic heterocycles. The van der Waals surface area contributed by atoms with Crippen molar-refractivity contribution in [1.29, 1.82) is 5.26 Å². The molecule has 1 unspecified atom stereocenters. The number of alkyl halides is 9. The van der Waals surface area contributed by atoms with Crippen LogP contribution in [0.1, 0.15) is 43.2 Å². The average Bonchev–Trinajstić information content (AvgIpc) is 3.78. The van der Waals surface area contributed by atoms with E-state index >= 15 is 0 Å². The van der Waals surface area contributed by atoms with E-state index in [0.717, 1.165) is 6.07 Å². The fourth-order valence-corrected chi connectivity index (χ4v) is 7.03. The van der Waals surface area contributed by atoms with Crippen molar-refractivity contribution in [2.24, 2.45) is 5.41 Å². The largest absolute Gasteiger partial charge is 0.419 e. The van der Waals surface area contributed by atoms with Gasteiger partial charge >= 0.3 is 18.5 Å². The zero-order valence-corrected chi connectivity index (χ0v) is 22.8. The minimum Gasteiger partial charge on any atom is -0.336 e. The number of carbonyl (C=O) groups excluding carboxylic acids is 2. The maximum Gasteiger partial charge on any atom is 0.419 e. The van der Waals surface area contributed by atoms with Crippen LogP contribution in [0.5, 0.6) is 0 Å². The van der Waals surface area contributed by atoms with Crippen LogP contribution in [-0.2, 0) is 31.8 Å². The Morgan fingerprint density at radius 3 is 2.11 bits per heavy atom. The van der Waals surface area contributed by atoms with Gasteiger partial charge in [0.15, 0.2) is 9.84 Å². The van der Waals surface area contributed by atoms with Gasteiger partial charge in [0.1, 0.15) is 17.0 Å². The summed E-state index contributed by atoms with van der Waals surface area (Å²) in [6.45, 7) is -1.05. The van der Waals surface area contributed by atoms with Gasteiger partial charge in [0.05, 0.1) is 39.2 Å². The van der Waals surface area contributed by atoms with Gasteiger partial charge in [-0.25, -0.2) is 13.1 Å². The molecule has 2 aliphatic carbocycles. The van der Waals surface area contributed by atoms with E-state index in [1.54, 1.807) is 0 Å². The molecule has 5 rings (SSSR count). The van der Waals surface area contributed by atoms with Crippen LogP contribution in [-0.4, -0.2) is 64.5 Å². The zero-order valence-electron chi connectivity index (χ0n) is 22.0. The van der Waals surface area contributed by atoms with Gasteiger partial charge in [-0.05, 0) is 50.3 Å². The summed E-state index contributed by atoms with van der Waals surface area (Å²) < 4.78 is 150. The first kappa shape index (κ1) is 31.6. The van der Waals surface area contributed by atoms with Crippen LogP contribution in [0.3, 0.4) is 0 Å². The molecule has 2 atom stereocenters. The Morgan fingerprint density at radius 2 is 1.64 bits per heavy atom. The van der Waals surface area contributed by atoms with Crippen LogP contribution in [0.4, 0.5) is 39.5 Å². The van der Waals surface area contributed by atoms with Crippen molar-refractivity contribution in [2.45, 2.75) is 72.4 Å². The summed E-state index contributed by atoms with van der Waals surface area (Å²) in [6, 6.07) is 1.43. The predicted octanol–water partition coefficient (Wildman–Crippen LogP) is 4.17. The number of aromatic nitrogens is 2. The maximum atomic E-state index is 14.1. The second-order valence-corrected chi connectivity index (χ2v) is 13.2. The van der Waals surface area contributed by atoms with E-state index in [-0.39, 0.29) is 18.9 Å². The molecule has 1 aliphatic heterocycles. The first-order chi connectivity index (χ1) is 20.2. The smallest absolute Gasteiger partial charge is 0.336 e. The van der Waals surface area contributed by atoms with Crippen molar-refractivity contribution in [1.82, 2.24) is 20.0 Å². The third-order valence-corrected chi connectivity index (χ3v) is 10.2. The number of carbonyl (C=O) groups is 2. The molecule has 2 saturated carbocycles. The monoisotopic (exact) mass is 657 g/mol. The molecule has 19 heteroatoms. The molecule has 44 heavy (non-hydrogen) atoms. The first-order valence-electron chi connectivity index (χ1n) is 12.8. The Morgan fingerprint density at radius 1 is 1.00 bits per heavy atom. The highest BCUT2D eigenvalue weighted by Crippen LogP contribution is 2.59. The lowest BCUT2D eigenvalue weighted by Crippen LogP contribution is -2.53. The molecule has 1 aromatic carbocycles. The molecule has 0 spiro atoms. The second-order valence-electron chi connectivity index (χ2n) is 11.0. The molecule has 1 N–H and O–H groups in total. The van der Waals surface area contributed by atoms with E-state index < -0.39 is 110 Å². The van der Waals surface area contributed by atoms with E-state index in [2.05, 4.69) is 10.4 Å². The number of halogens is 9. The lowest BCUT2D eigenvalue weighted by Gasteiger charge is -2.29. The van der Waals surface area contributed by atoms with Crippen molar-refractivity contribution in [3.63, 3.8) is 0 Å². The van der Waals surface area contributed by atoms with Crippen LogP contribution in [0.25, 0.3) is 5.69 Å². The summed E-state index contributed by atoms with van der Waals surface area (Å²) in [5.41, 5.74) is -7.92. The van der Waals surface area contributed by atoms with E-state index in [4.69, 9.17) is 0 Å². The molecule has 1 saturated heterocycles. The van der Waals surface area contributed by atoms with Gasteiger partial charge in [0.2, 0.25) is 11.8 Å². The Labute approximate surface area is 242 Å². The number of hydrogen-bond acceptors (Lipinski definition) is 6. The van der Waals surface area contributed by atoms with Crippen LogP contribution in [0.15, 0.2) is 35.5 Å². The quantitative estimate of drug-likeness (QED) is 0.466. The van der Waals surface area contributed by atoms with Crippen LogP contribution in [0.2, 0.25) is 0 Å². The summed E-state index contributed by atoms with van der Waals surface area (Å²) in [5.74, 6) is -2.73. The number of nitriles is 1. The van der Waals surface area contributed by atoms with Gasteiger partial charge in [-0.1, -0.05) is 0 Å². The molecule has 3 aliphatic rings. The van der Waals surface area contributed by atoms with E-state index in [0.29, 0.717) is 28.0 Å². The minimum absolute atomic E-state index is 0.187. The summed E-state index contributed by atoms with van der Waals surface area (Å²) in [7, 11) is -5.15. The topological polar surface area (TPSA) is 125 Å². The molecular weight excluding hydrogens is 637 g/mol. The third-order valence-electron chi connectivity index (χ3n) is 8.04. The van der Waals surface area contributed by atoms with Crippen molar-refractivity contribution in [3.05, 3.63) is 41.7 Å². The van der Waals surface area contributed by atoms with Crippen molar-refractivity contribution in [2.75, 3.05) is 6.54 Å². The number of likely N-dealkylation sites (tertiary alicyclic amines) is 1. The third kappa shape index (κ3) is 5.37. The minimum atomic E-state index is -5.39. The number of hydrogen-bond donors (Lipinski definition) is 1. The SMILES string of the molecule is N#CC1(NC(=O)[C@@H]2CC(S(=O)(=O)c3ccc(-n4cc(C(F)(F)F)cn4)cc3C(F)(F)F)CN2C(=O)C2(C(F)(F)F)CC2)CC1. The summed E-state index contributed by atoms with van der Waals surface area (Å²) in [5, 5.41) is 13.0. The van der Waals surface area contributed by atoms with Gasteiger partial charge in [-0.15, -0.1) is 0 Å². The number of sulfone groups is 1. The van der Waals surface area contributed by atoms with E-state index in [9.17, 15) is 62.8 Å². The van der Waals surface area contributed by atoms with Crippen molar-refractivity contribution >= 4 is 21.7 Å². The van der Waals surface area contributed by atoms with E-state index in [1.165, 1.54) is 0 Å². The van der Waals surface area contributed by atoms with Gasteiger partial charge in [0, 0.05) is 12.7 Å². The van der Waals surface area contributed by atoms with Crippen molar-refractivity contribution < 1.29 is 57.5 Å². The maximum absolute atomic E-state index is 14.1. The van der Waals surface area contributed by atoms with Gasteiger partial charge in [-0.3, -0.25) is 9.59 Å². The predicted molar refractivity (Wildman–Crippen MR) is 128 cm³/mol. The number of nitrogens with zero attached hydrogens (tertiary/aromatic N) is 4. The molecular formula is C25H20F9N5O4S. The number of rotatable bonds is 6. The normalized spacial score (nSPS) is 22.8.